The standard InChI is InChI=1S/C15H15BrN2O2S/c1-18-14(7-13(17-18)15(19)20)9-2-3-11(12(16)6-9)10-4-5-21-8-10/h2-3,6-7,10H,4-5,8H2,1H3,(H,19,20). The van der Waals surface area contributed by atoms with Gasteiger partial charge >= 0.3 is 5.97 Å². The Morgan fingerprint density at radius 1 is 1.48 bits per heavy atom. The molecule has 1 aliphatic heterocycles. The molecule has 2 aromatic rings. The summed E-state index contributed by atoms with van der Waals surface area (Å²) in [6.07, 6.45) is 1.22. The van der Waals surface area contributed by atoms with Crippen LogP contribution in [0.15, 0.2) is 28.7 Å². The minimum Gasteiger partial charge on any atom is -0.476 e. The number of benzene rings is 1. The van der Waals surface area contributed by atoms with Crippen molar-refractivity contribution in [2.75, 3.05) is 11.5 Å². The van der Waals surface area contributed by atoms with E-state index >= 15 is 0 Å². The van der Waals surface area contributed by atoms with Crippen LogP contribution >= 0.6 is 27.7 Å². The van der Waals surface area contributed by atoms with E-state index in [0.29, 0.717) is 5.92 Å². The van der Waals surface area contributed by atoms with Gasteiger partial charge < -0.3 is 5.11 Å². The van der Waals surface area contributed by atoms with Crippen molar-refractivity contribution in [1.29, 1.82) is 0 Å². The van der Waals surface area contributed by atoms with Crippen LogP contribution in [0.4, 0.5) is 0 Å². The fraction of sp³-hybridized carbons (Fsp3) is 0.333. The highest BCUT2D eigenvalue weighted by Gasteiger charge is 2.20. The van der Waals surface area contributed by atoms with Gasteiger partial charge in [0.25, 0.3) is 0 Å². The van der Waals surface area contributed by atoms with E-state index in [-0.39, 0.29) is 5.69 Å². The summed E-state index contributed by atoms with van der Waals surface area (Å²) < 4.78 is 2.70. The van der Waals surface area contributed by atoms with E-state index in [9.17, 15) is 4.79 Å². The number of nitrogens with zero attached hydrogens (tertiary/aromatic N) is 2. The van der Waals surface area contributed by atoms with E-state index < -0.39 is 5.97 Å². The number of halogens is 1. The Kier molecular flexibility index (Phi) is 4.08. The second-order valence-electron chi connectivity index (χ2n) is 5.14. The molecule has 2 heterocycles. The molecule has 0 saturated carbocycles. The van der Waals surface area contributed by atoms with Gasteiger partial charge in [-0.1, -0.05) is 28.1 Å². The fourth-order valence-electron chi connectivity index (χ4n) is 2.64. The summed E-state index contributed by atoms with van der Waals surface area (Å²) >= 11 is 5.65. The number of aromatic nitrogens is 2. The Hall–Kier alpha value is -1.27. The topological polar surface area (TPSA) is 55.1 Å². The van der Waals surface area contributed by atoms with Gasteiger partial charge in [0.2, 0.25) is 0 Å². The third-order valence-corrected chi connectivity index (χ3v) is 5.61. The molecule has 21 heavy (non-hydrogen) atoms. The lowest BCUT2D eigenvalue weighted by Gasteiger charge is -2.12. The fourth-order valence-corrected chi connectivity index (χ4v) is 4.59. The van der Waals surface area contributed by atoms with Crippen LogP contribution in [0.3, 0.4) is 0 Å². The van der Waals surface area contributed by atoms with Gasteiger partial charge in [0, 0.05) is 22.8 Å². The van der Waals surface area contributed by atoms with Gasteiger partial charge in [-0.2, -0.15) is 16.9 Å². The molecular formula is C15H15BrN2O2S. The number of carboxylic acids is 1. The quantitative estimate of drug-likeness (QED) is 0.897. The SMILES string of the molecule is Cn1nc(C(=O)O)cc1-c1ccc(C2CCSC2)c(Br)c1. The highest BCUT2D eigenvalue weighted by Crippen LogP contribution is 2.37. The highest BCUT2D eigenvalue weighted by atomic mass is 79.9. The molecule has 110 valence electrons. The number of hydrogen-bond acceptors (Lipinski definition) is 3. The summed E-state index contributed by atoms with van der Waals surface area (Å²) in [5.74, 6) is 2.00. The molecule has 3 rings (SSSR count). The molecule has 1 aromatic carbocycles. The first-order chi connectivity index (χ1) is 10.1. The number of rotatable bonds is 3. The Bertz CT molecular complexity index is 693. The molecule has 4 nitrogen and oxygen atoms in total. The van der Waals surface area contributed by atoms with Crippen LogP contribution in [0.25, 0.3) is 11.3 Å². The van der Waals surface area contributed by atoms with Gasteiger partial charge in [0.15, 0.2) is 5.69 Å². The van der Waals surface area contributed by atoms with Crippen molar-refractivity contribution in [1.82, 2.24) is 9.78 Å². The van der Waals surface area contributed by atoms with E-state index in [1.54, 1.807) is 17.8 Å². The van der Waals surface area contributed by atoms with Crippen LogP contribution in [0.5, 0.6) is 0 Å². The molecular weight excluding hydrogens is 352 g/mol. The number of carbonyl (C=O) groups is 1. The number of hydrogen-bond donors (Lipinski definition) is 1. The van der Waals surface area contributed by atoms with E-state index in [2.05, 4.69) is 33.2 Å². The second kappa shape index (κ2) is 5.85. The molecule has 6 heteroatoms. The zero-order valence-corrected chi connectivity index (χ0v) is 13.9. The van der Waals surface area contributed by atoms with Crippen LogP contribution in [0, 0.1) is 0 Å². The molecule has 1 saturated heterocycles. The van der Waals surface area contributed by atoms with Crippen molar-refractivity contribution >= 4 is 33.7 Å². The van der Waals surface area contributed by atoms with Crippen molar-refractivity contribution in [3.05, 3.63) is 40.0 Å². The summed E-state index contributed by atoms with van der Waals surface area (Å²) in [6, 6.07) is 7.85. The summed E-state index contributed by atoms with van der Waals surface area (Å²) in [7, 11) is 1.76. The predicted octanol–water partition coefficient (Wildman–Crippen LogP) is 3.77. The van der Waals surface area contributed by atoms with Crippen LogP contribution < -0.4 is 0 Å². The minimum absolute atomic E-state index is 0.0693. The van der Waals surface area contributed by atoms with Crippen molar-refractivity contribution in [3.8, 4) is 11.3 Å². The second-order valence-corrected chi connectivity index (χ2v) is 7.14. The van der Waals surface area contributed by atoms with Crippen molar-refractivity contribution in [3.63, 3.8) is 0 Å². The van der Waals surface area contributed by atoms with Crippen LogP contribution in [-0.2, 0) is 7.05 Å². The molecule has 0 spiro atoms. The largest absolute Gasteiger partial charge is 0.476 e. The van der Waals surface area contributed by atoms with Gasteiger partial charge in [-0.05, 0) is 35.8 Å². The van der Waals surface area contributed by atoms with E-state index in [1.807, 2.05) is 17.8 Å². The molecule has 1 unspecified atom stereocenters. The first kappa shape index (κ1) is 14.7. The third kappa shape index (κ3) is 2.87. The Morgan fingerprint density at radius 2 is 2.29 bits per heavy atom. The normalized spacial score (nSPS) is 18.1. The van der Waals surface area contributed by atoms with E-state index in [1.165, 1.54) is 23.5 Å². The lowest BCUT2D eigenvalue weighted by atomic mass is 9.97. The summed E-state index contributed by atoms with van der Waals surface area (Å²) in [5.41, 5.74) is 3.18. The zero-order chi connectivity index (χ0) is 15.0. The van der Waals surface area contributed by atoms with Crippen molar-refractivity contribution in [2.24, 2.45) is 7.05 Å². The maximum Gasteiger partial charge on any atom is 0.356 e. The molecule has 1 aromatic heterocycles. The number of carboxylic acid groups (broad SMARTS) is 1. The monoisotopic (exact) mass is 366 g/mol. The van der Waals surface area contributed by atoms with E-state index in [0.717, 1.165) is 15.7 Å². The molecule has 1 fully saturated rings. The molecule has 0 radical (unpaired) electrons. The van der Waals surface area contributed by atoms with Crippen LogP contribution in [-0.4, -0.2) is 32.4 Å². The van der Waals surface area contributed by atoms with Crippen LogP contribution in [0.1, 0.15) is 28.4 Å². The molecule has 1 aliphatic rings. The van der Waals surface area contributed by atoms with Crippen molar-refractivity contribution in [2.45, 2.75) is 12.3 Å². The van der Waals surface area contributed by atoms with Gasteiger partial charge in [-0.3, -0.25) is 4.68 Å². The average Bonchev–Trinajstić information content (AvgIpc) is 3.07. The Labute approximate surface area is 135 Å². The highest BCUT2D eigenvalue weighted by molar-refractivity contribution is 9.10. The Morgan fingerprint density at radius 3 is 2.86 bits per heavy atom. The van der Waals surface area contributed by atoms with Gasteiger partial charge in [-0.25, -0.2) is 4.79 Å². The number of aryl methyl sites for hydroxylation is 1. The third-order valence-electron chi connectivity index (χ3n) is 3.76. The molecule has 1 N–H and O–H groups in total. The maximum absolute atomic E-state index is 11.0. The summed E-state index contributed by atoms with van der Waals surface area (Å²) in [4.78, 5) is 11.0. The summed E-state index contributed by atoms with van der Waals surface area (Å²) in [6.45, 7) is 0. The lowest BCUT2D eigenvalue weighted by Crippen LogP contribution is -2.00. The van der Waals surface area contributed by atoms with Gasteiger partial charge in [-0.15, -0.1) is 0 Å². The number of aromatic carboxylic acids is 1. The predicted molar refractivity (Wildman–Crippen MR) is 88.0 cm³/mol. The van der Waals surface area contributed by atoms with E-state index in [4.69, 9.17) is 5.11 Å². The van der Waals surface area contributed by atoms with Crippen molar-refractivity contribution < 1.29 is 9.90 Å². The van der Waals surface area contributed by atoms with Crippen LogP contribution in [0.2, 0.25) is 0 Å². The lowest BCUT2D eigenvalue weighted by molar-refractivity contribution is 0.0689. The minimum atomic E-state index is -1.00. The molecule has 1 atom stereocenters. The maximum atomic E-state index is 11.0. The summed E-state index contributed by atoms with van der Waals surface area (Å²) in [5, 5.41) is 13.0. The first-order valence-electron chi connectivity index (χ1n) is 6.71. The zero-order valence-electron chi connectivity index (χ0n) is 11.5. The average molecular weight is 367 g/mol. The molecule has 0 aliphatic carbocycles. The van der Waals surface area contributed by atoms with Gasteiger partial charge in [0.05, 0.1) is 5.69 Å². The van der Waals surface area contributed by atoms with Gasteiger partial charge in [0.1, 0.15) is 0 Å². The first-order valence-corrected chi connectivity index (χ1v) is 8.66. The number of thioether (sulfide) groups is 1. The smallest absolute Gasteiger partial charge is 0.356 e. The Balaban J connectivity index is 1.96. The molecule has 0 amide bonds. The molecule has 0 bridgehead atoms.